The summed E-state index contributed by atoms with van der Waals surface area (Å²) in [5.74, 6) is -0.643. The van der Waals surface area contributed by atoms with Gasteiger partial charge >= 0.3 is 5.97 Å². The molecule has 0 saturated heterocycles. The van der Waals surface area contributed by atoms with Crippen LogP contribution in [-0.4, -0.2) is 29.6 Å². The fraction of sp³-hybridized carbons (Fsp3) is 0.333. The number of anilines is 1. The second-order valence-corrected chi connectivity index (χ2v) is 4.12. The molecule has 1 heterocycles. The van der Waals surface area contributed by atoms with E-state index >= 15 is 0 Å². The smallest absolute Gasteiger partial charge is 0.324 e. The Kier molecular flexibility index (Phi) is 3.47. The van der Waals surface area contributed by atoms with E-state index in [2.05, 4.69) is 5.32 Å². The standard InChI is InChI=1S/C12H14N2O4/c13-9(12(16)17)6-18-8-3-1-7-2-4-11(15)14-10(7)5-8/h1,3,5,9H,2,4,6,13H2,(H,14,15)(H,16,17). The number of carboxylic acids is 1. The van der Waals surface area contributed by atoms with E-state index in [0.717, 1.165) is 5.56 Å². The number of hydrogen-bond donors (Lipinski definition) is 3. The first-order chi connectivity index (χ1) is 8.56. The average molecular weight is 250 g/mol. The highest BCUT2D eigenvalue weighted by Gasteiger charge is 2.16. The topological polar surface area (TPSA) is 102 Å². The van der Waals surface area contributed by atoms with Crippen molar-refractivity contribution >= 4 is 17.6 Å². The van der Waals surface area contributed by atoms with Crippen molar-refractivity contribution in [2.75, 3.05) is 11.9 Å². The minimum Gasteiger partial charge on any atom is -0.491 e. The van der Waals surface area contributed by atoms with Crippen molar-refractivity contribution in [3.63, 3.8) is 0 Å². The molecule has 0 saturated carbocycles. The van der Waals surface area contributed by atoms with Crippen molar-refractivity contribution in [2.45, 2.75) is 18.9 Å². The molecule has 1 aromatic rings. The molecular formula is C12H14N2O4. The molecule has 1 aliphatic heterocycles. The maximum atomic E-state index is 11.2. The van der Waals surface area contributed by atoms with E-state index in [0.29, 0.717) is 24.3 Å². The van der Waals surface area contributed by atoms with Crippen LogP contribution in [0.15, 0.2) is 18.2 Å². The van der Waals surface area contributed by atoms with E-state index in [1.165, 1.54) is 0 Å². The lowest BCUT2D eigenvalue weighted by atomic mass is 10.0. The van der Waals surface area contributed by atoms with Crippen LogP contribution >= 0.6 is 0 Å². The van der Waals surface area contributed by atoms with Gasteiger partial charge in [0.2, 0.25) is 5.91 Å². The van der Waals surface area contributed by atoms with Crippen molar-refractivity contribution in [1.82, 2.24) is 0 Å². The van der Waals surface area contributed by atoms with Crippen LogP contribution in [-0.2, 0) is 16.0 Å². The number of aryl methyl sites for hydroxylation is 1. The van der Waals surface area contributed by atoms with Crippen molar-refractivity contribution in [1.29, 1.82) is 0 Å². The SMILES string of the molecule is NC(COc1ccc2c(c1)NC(=O)CC2)C(=O)O. The van der Waals surface area contributed by atoms with Gasteiger partial charge < -0.3 is 20.9 Å². The molecule has 6 nitrogen and oxygen atoms in total. The summed E-state index contributed by atoms with van der Waals surface area (Å²) in [6.45, 7) is -0.109. The van der Waals surface area contributed by atoms with Crippen molar-refractivity contribution in [3.8, 4) is 5.75 Å². The van der Waals surface area contributed by atoms with E-state index in [1.54, 1.807) is 12.1 Å². The molecule has 1 unspecified atom stereocenters. The second-order valence-electron chi connectivity index (χ2n) is 4.12. The lowest BCUT2D eigenvalue weighted by molar-refractivity contribution is -0.139. The Balaban J connectivity index is 2.04. The van der Waals surface area contributed by atoms with E-state index in [-0.39, 0.29) is 12.5 Å². The predicted octanol–water partition coefficient (Wildman–Crippen LogP) is 0.362. The van der Waals surface area contributed by atoms with Crippen LogP contribution in [0.3, 0.4) is 0 Å². The number of nitrogens with one attached hydrogen (secondary N) is 1. The zero-order chi connectivity index (χ0) is 13.1. The molecule has 0 aliphatic carbocycles. The van der Waals surface area contributed by atoms with Gasteiger partial charge in [-0.05, 0) is 18.1 Å². The van der Waals surface area contributed by atoms with E-state index < -0.39 is 12.0 Å². The van der Waals surface area contributed by atoms with Gasteiger partial charge in [-0.1, -0.05) is 6.07 Å². The number of fused-ring (bicyclic) bond motifs is 1. The van der Waals surface area contributed by atoms with E-state index in [1.807, 2.05) is 6.07 Å². The maximum Gasteiger partial charge on any atom is 0.324 e. The minimum absolute atomic E-state index is 0.0260. The largest absolute Gasteiger partial charge is 0.491 e. The number of carbonyl (C=O) groups excluding carboxylic acids is 1. The number of carbonyl (C=O) groups is 2. The van der Waals surface area contributed by atoms with Crippen LogP contribution in [0.4, 0.5) is 5.69 Å². The van der Waals surface area contributed by atoms with Crippen molar-refractivity contribution in [2.24, 2.45) is 5.73 Å². The van der Waals surface area contributed by atoms with Gasteiger partial charge in [0.05, 0.1) is 0 Å². The third-order valence-corrected chi connectivity index (χ3v) is 2.72. The van der Waals surface area contributed by atoms with Gasteiger partial charge in [-0.2, -0.15) is 0 Å². The number of rotatable bonds is 4. The zero-order valence-corrected chi connectivity index (χ0v) is 9.68. The number of nitrogens with two attached hydrogens (primary N) is 1. The zero-order valence-electron chi connectivity index (χ0n) is 9.68. The van der Waals surface area contributed by atoms with Crippen LogP contribution < -0.4 is 15.8 Å². The summed E-state index contributed by atoms with van der Waals surface area (Å²) in [7, 11) is 0. The van der Waals surface area contributed by atoms with Gasteiger partial charge in [0.1, 0.15) is 18.4 Å². The minimum atomic E-state index is -1.11. The summed E-state index contributed by atoms with van der Waals surface area (Å²) in [5, 5.41) is 11.4. The summed E-state index contributed by atoms with van der Waals surface area (Å²) in [4.78, 5) is 21.8. The fourth-order valence-electron chi connectivity index (χ4n) is 1.70. The number of carboxylic acid groups (broad SMARTS) is 1. The third-order valence-electron chi connectivity index (χ3n) is 2.72. The van der Waals surface area contributed by atoms with Crippen molar-refractivity contribution in [3.05, 3.63) is 23.8 Å². The highest BCUT2D eigenvalue weighted by atomic mass is 16.5. The lowest BCUT2D eigenvalue weighted by Gasteiger charge is -2.18. The molecular weight excluding hydrogens is 236 g/mol. The summed E-state index contributed by atoms with van der Waals surface area (Å²) >= 11 is 0. The number of ether oxygens (including phenoxy) is 1. The summed E-state index contributed by atoms with van der Waals surface area (Å²) in [6, 6.07) is 4.22. The average Bonchev–Trinajstić information content (AvgIpc) is 2.35. The van der Waals surface area contributed by atoms with Crippen LogP contribution in [0.2, 0.25) is 0 Å². The summed E-state index contributed by atoms with van der Waals surface area (Å²) in [5.41, 5.74) is 7.09. The lowest BCUT2D eigenvalue weighted by Crippen LogP contribution is -2.36. The number of aliphatic carboxylic acids is 1. The number of benzene rings is 1. The Bertz CT molecular complexity index is 487. The second kappa shape index (κ2) is 5.05. The first-order valence-electron chi connectivity index (χ1n) is 5.60. The molecule has 0 fully saturated rings. The number of hydrogen-bond acceptors (Lipinski definition) is 4. The van der Waals surface area contributed by atoms with Gasteiger partial charge in [-0.3, -0.25) is 9.59 Å². The van der Waals surface area contributed by atoms with Crippen molar-refractivity contribution < 1.29 is 19.4 Å². The molecule has 0 spiro atoms. The van der Waals surface area contributed by atoms with E-state index in [9.17, 15) is 9.59 Å². The van der Waals surface area contributed by atoms with Crippen LogP contribution in [0, 0.1) is 0 Å². The maximum absolute atomic E-state index is 11.2. The van der Waals surface area contributed by atoms with Gasteiger partial charge in [0, 0.05) is 18.2 Å². The fourth-order valence-corrected chi connectivity index (χ4v) is 1.70. The van der Waals surface area contributed by atoms with Gasteiger partial charge in [0.25, 0.3) is 0 Å². The molecule has 0 bridgehead atoms. The molecule has 0 radical (unpaired) electrons. The first-order valence-corrected chi connectivity index (χ1v) is 5.60. The number of amides is 1. The Labute approximate surface area is 104 Å². The Morgan fingerprint density at radius 1 is 1.50 bits per heavy atom. The molecule has 4 N–H and O–H groups in total. The first kappa shape index (κ1) is 12.4. The highest BCUT2D eigenvalue weighted by molar-refractivity contribution is 5.94. The molecule has 2 rings (SSSR count). The molecule has 6 heteroatoms. The molecule has 1 aliphatic rings. The molecule has 96 valence electrons. The van der Waals surface area contributed by atoms with Crippen LogP contribution in [0.25, 0.3) is 0 Å². The highest BCUT2D eigenvalue weighted by Crippen LogP contribution is 2.27. The van der Waals surface area contributed by atoms with Crippen LogP contribution in [0.1, 0.15) is 12.0 Å². The monoisotopic (exact) mass is 250 g/mol. The normalized spacial score (nSPS) is 15.5. The molecule has 18 heavy (non-hydrogen) atoms. The Morgan fingerprint density at radius 2 is 2.28 bits per heavy atom. The summed E-state index contributed by atoms with van der Waals surface area (Å²) < 4.78 is 5.27. The molecule has 1 atom stereocenters. The van der Waals surface area contributed by atoms with E-state index in [4.69, 9.17) is 15.6 Å². The van der Waals surface area contributed by atoms with Crippen LogP contribution in [0.5, 0.6) is 5.75 Å². The Morgan fingerprint density at radius 3 is 3.00 bits per heavy atom. The predicted molar refractivity (Wildman–Crippen MR) is 64.5 cm³/mol. The third kappa shape index (κ3) is 2.78. The van der Waals surface area contributed by atoms with Gasteiger partial charge in [0.15, 0.2) is 0 Å². The summed E-state index contributed by atoms with van der Waals surface area (Å²) in [6.07, 6.45) is 1.19. The molecule has 1 amide bonds. The quantitative estimate of drug-likeness (QED) is 0.716. The van der Waals surface area contributed by atoms with Gasteiger partial charge in [-0.15, -0.1) is 0 Å². The Hall–Kier alpha value is -2.08. The van der Waals surface area contributed by atoms with Gasteiger partial charge in [-0.25, -0.2) is 0 Å². The molecule has 1 aromatic carbocycles. The molecule has 0 aromatic heterocycles.